The summed E-state index contributed by atoms with van der Waals surface area (Å²) in [6.07, 6.45) is -1.32. The third kappa shape index (κ3) is 5.84. The van der Waals surface area contributed by atoms with Crippen LogP contribution in [0.5, 0.6) is 11.5 Å². The Hall–Kier alpha value is -5.51. The van der Waals surface area contributed by atoms with Gasteiger partial charge in [-0.1, -0.05) is 18.5 Å². The summed E-state index contributed by atoms with van der Waals surface area (Å²) < 4.78 is 48.3. The number of piperidine rings is 1. The highest BCUT2D eigenvalue weighted by Gasteiger charge is 2.60. The molecule has 1 saturated heterocycles. The maximum atomic E-state index is 14.6. The Morgan fingerprint density at radius 1 is 1.17 bits per heavy atom. The summed E-state index contributed by atoms with van der Waals surface area (Å²) in [4.78, 5) is 56.0. The quantitative estimate of drug-likeness (QED) is 0.235. The monoisotopic (exact) mass is 748 g/mol. The third-order valence-electron chi connectivity index (χ3n) is 10.5. The van der Waals surface area contributed by atoms with E-state index in [4.69, 9.17) is 21.3 Å². The highest BCUT2D eigenvalue weighted by molar-refractivity contribution is 6.33. The number of nitrogens with one attached hydrogen (secondary N) is 1. The van der Waals surface area contributed by atoms with Gasteiger partial charge in [-0.15, -0.1) is 5.10 Å². The summed E-state index contributed by atoms with van der Waals surface area (Å²) >= 11 is 6.16. The van der Waals surface area contributed by atoms with Gasteiger partial charge in [0.05, 0.1) is 28.6 Å². The molecule has 1 saturated carbocycles. The Balaban J connectivity index is 1.18. The number of anilines is 1. The van der Waals surface area contributed by atoms with E-state index in [0.717, 1.165) is 29.5 Å². The maximum absolute atomic E-state index is 14.6. The molecule has 0 radical (unpaired) electrons. The fraction of sp³-hybridized carbons (Fsp3) is 0.361. The third-order valence-corrected chi connectivity index (χ3v) is 10.8. The number of likely N-dealkylation sites (tertiary alicyclic amines) is 1. The second-order valence-corrected chi connectivity index (χ2v) is 14.0. The summed E-state index contributed by atoms with van der Waals surface area (Å²) in [6, 6.07) is 8.20. The zero-order chi connectivity index (χ0) is 37.4. The average Bonchev–Trinajstić information content (AvgIpc) is 3.41. The Labute approximate surface area is 304 Å². The molecule has 13 nitrogen and oxygen atoms in total. The van der Waals surface area contributed by atoms with Gasteiger partial charge >= 0.3 is 6.18 Å². The SMILES string of the molecule is CCc1c(C23CCN(C(=O)c4ncnc(C)c4O)CC2C3)c(=O)n2nc(-c3ccc4c(c3)CCO4)nc2n1CC(=O)Nc1ccc(C(F)(F)F)cc1Cl. The lowest BCUT2D eigenvalue weighted by atomic mass is 9.86. The molecule has 1 aliphatic carbocycles. The van der Waals surface area contributed by atoms with E-state index in [1.807, 2.05) is 19.1 Å². The Kier molecular flexibility index (Phi) is 8.20. The minimum atomic E-state index is -4.61. The van der Waals surface area contributed by atoms with Crippen molar-refractivity contribution in [1.82, 2.24) is 34.0 Å². The zero-order valence-electron chi connectivity index (χ0n) is 28.5. The first kappa shape index (κ1) is 34.6. The van der Waals surface area contributed by atoms with Crippen molar-refractivity contribution in [3.63, 3.8) is 0 Å². The topological polar surface area (TPSA) is 157 Å². The van der Waals surface area contributed by atoms with E-state index in [-0.39, 0.29) is 64.0 Å². The van der Waals surface area contributed by atoms with Crippen LogP contribution in [0.1, 0.15) is 58.3 Å². The van der Waals surface area contributed by atoms with Crippen LogP contribution >= 0.6 is 11.6 Å². The van der Waals surface area contributed by atoms with Crippen molar-refractivity contribution in [3.05, 3.63) is 91.9 Å². The van der Waals surface area contributed by atoms with E-state index in [2.05, 4.69) is 20.4 Å². The van der Waals surface area contributed by atoms with E-state index in [9.17, 15) is 32.7 Å². The number of ether oxygens (including phenoxy) is 1. The predicted octanol–water partition coefficient (Wildman–Crippen LogP) is 4.97. The second-order valence-electron chi connectivity index (χ2n) is 13.6. The molecule has 2 unspecified atom stereocenters. The van der Waals surface area contributed by atoms with Crippen LogP contribution in [-0.4, -0.2) is 70.7 Å². The standard InChI is InChI=1S/C36H32ClF3N8O5/c1-3-25-28(35-9-10-46(15-22(35)14-35)33(52)29-30(50)18(2)41-17-42-29)32(51)48-34(44-31(45-48)20-4-7-26-19(12-20)8-11-53-26)47(25)16-27(49)43-24-6-5-21(13-23(24)37)36(38,39)40/h4-7,12-13,17,22,50H,3,8-11,14-16H2,1-2H3,(H,43,49). The van der Waals surface area contributed by atoms with Crippen molar-refractivity contribution in [3.8, 4) is 22.9 Å². The molecule has 5 aromatic rings. The van der Waals surface area contributed by atoms with E-state index in [1.165, 1.54) is 10.8 Å². The lowest BCUT2D eigenvalue weighted by molar-refractivity contribution is -0.137. The van der Waals surface area contributed by atoms with Crippen LogP contribution < -0.4 is 15.6 Å². The molecule has 8 rings (SSSR count). The fourth-order valence-corrected chi connectivity index (χ4v) is 7.94. The first-order chi connectivity index (χ1) is 25.3. The summed E-state index contributed by atoms with van der Waals surface area (Å²) in [5, 5.41) is 17.5. The first-order valence-corrected chi connectivity index (χ1v) is 17.4. The van der Waals surface area contributed by atoms with Gasteiger partial charge in [0, 0.05) is 41.7 Å². The number of benzene rings is 2. The summed E-state index contributed by atoms with van der Waals surface area (Å²) in [7, 11) is 0. The lowest BCUT2D eigenvalue weighted by Crippen LogP contribution is -2.43. The number of hydrogen-bond donors (Lipinski definition) is 2. The van der Waals surface area contributed by atoms with E-state index in [0.29, 0.717) is 55.7 Å². The summed E-state index contributed by atoms with van der Waals surface area (Å²) in [6.45, 7) is 4.23. The van der Waals surface area contributed by atoms with Crippen LogP contribution in [0.2, 0.25) is 5.02 Å². The van der Waals surface area contributed by atoms with Crippen molar-refractivity contribution in [2.24, 2.45) is 5.92 Å². The number of carbonyl (C=O) groups excluding carboxylic acids is 2. The van der Waals surface area contributed by atoms with Gasteiger partial charge in [-0.25, -0.2) is 9.97 Å². The molecule has 5 heterocycles. The molecular formula is C36H32ClF3N8O5. The Bertz CT molecular complexity index is 2410. The fourth-order valence-electron chi connectivity index (χ4n) is 7.71. The van der Waals surface area contributed by atoms with Gasteiger partial charge in [0.25, 0.3) is 11.5 Å². The first-order valence-electron chi connectivity index (χ1n) is 17.0. The van der Waals surface area contributed by atoms with Crippen molar-refractivity contribution < 1.29 is 32.6 Å². The molecular weight excluding hydrogens is 717 g/mol. The molecule has 0 spiro atoms. The van der Waals surface area contributed by atoms with Gasteiger partial charge in [0.15, 0.2) is 17.3 Å². The van der Waals surface area contributed by atoms with Crippen LogP contribution in [0.3, 0.4) is 0 Å². The van der Waals surface area contributed by atoms with Crippen LogP contribution in [0.4, 0.5) is 18.9 Å². The van der Waals surface area contributed by atoms with E-state index >= 15 is 0 Å². The lowest BCUT2D eigenvalue weighted by Gasteiger charge is -2.33. The van der Waals surface area contributed by atoms with Gasteiger partial charge in [-0.3, -0.25) is 14.4 Å². The van der Waals surface area contributed by atoms with Crippen molar-refractivity contribution in [2.75, 3.05) is 25.0 Å². The molecule has 274 valence electrons. The van der Waals surface area contributed by atoms with Crippen LogP contribution in [-0.2, 0) is 35.8 Å². The molecule has 53 heavy (non-hydrogen) atoms. The molecule has 2 N–H and O–H groups in total. The van der Waals surface area contributed by atoms with Gasteiger partial charge < -0.3 is 24.6 Å². The number of fused-ring (bicyclic) bond motifs is 3. The van der Waals surface area contributed by atoms with E-state index in [1.54, 1.807) is 22.5 Å². The molecule has 2 aromatic carbocycles. The predicted molar refractivity (Wildman–Crippen MR) is 185 cm³/mol. The zero-order valence-corrected chi connectivity index (χ0v) is 29.3. The number of nitrogens with zero attached hydrogens (tertiary/aromatic N) is 7. The minimum absolute atomic E-state index is 0.00896. The number of alkyl halides is 3. The molecule has 0 bridgehead atoms. The van der Waals surface area contributed by atoms with Crippen molar-refractivity contribution in [2.45, 2.75) is 57.7 Å². The van der Waals surface area contributed by atoms with Gasteiger partial charge in [-0.2, -0.15) is 22.7 Å². The smallest absolute Gasteiger partial charge is 0.416 e. The highest BCUT2D eigenvalue weighted by atomic mass is 35.5. The highest BCUT2D eigenvalue weighted by Crippen LogP contribution is 2.59. The molecule has 3 aromatic heterocycles. The Morgan fingerprint density at radius 3 is 2.72 bits per heavy atom. The number of halogens is 4. The molecule has 3 aliphatic rings. The number of aryl methyl sites for hydroxylation is 1. The number of carbonyl (C=O) groups is 2. The number of rotatable bonds is 7. The minimum Gasteiger partial charge on any atom is -0.504 e. The number of hydrogen-bond acceptors (Lipinski definition) is 9. The van der Waals surface area contributed by atoms with Gasteiger partial charge in [-0.05, 0) is 74.1 Å². The normalized spacial score (nSPS) is 19.1. The maximum Gasteiger partial charge on any atom is 0.416 e. The molecule has 2 atom stereocenters. The Morgan fingerprint density at radius 2 is 1.98 bits per heavy atom. The molecule has 17 heteroatoms. The van der Waals surface area contributed by atoms with Crippen LogP contribution in [0, 0.1) is 12.8 Å². The van der Waals surface area contributed by atoms with Crippen LogP contribution in [0.15, 0.2) is 47.5 Å². The van der Waals surface area contributed by atoms with Crippen LogP contribution in [0.25, 0.3) is 17.2 Å². The van der Waals surface area contributed by atoms with Gasteiger partial charge in [0.1, 0.15) is 18.6 Å². The molecule has 2 amide bonds. The number of amides is 2. The van der Waals surface area contributed by atoms with Gasteiger partial charge in [0.2, 0.25) is 11.7 Å². The second kappa shape index (κ2) is 12.6. The largest absolute Gasteiger partial charge is 0.504 e. The average molecular weight is 749 g/mol. The molecule has 2 aliphatic heterocycles. The number of aromatic nitrogens is 6. The number of aromatic hydroxyl groups is 1. The molecule has 2 fully saturated rings. The van der Waals surface area contributed by atoms with Crippen molar-refractivity contribution >= 4 is 34.9 Å². The van der Waals surface area contributed by atoms with E-state index < -0.39 is 29.0 Å². The summed E-state index contributed by atoms with van der Waals surface area (Å²) in [5.74, 6) is -0.277. The van der Waals surface area contributed by atoms with Crippen molar-refractivity contribution in [1.29, 1.82) is 0 Å². The summed E-state index contributed by atoms with van der Waals surface area (Å²) in [5.41, 5.74) is 0.900.